The van der Waals surface area contributed by atoms with Crippen LogP contribution in [-0.2, 0) is 11.3 Å². The molecule has 1 heterocycles. The lowest BCUT2D eigenvalue weighted by Crippen LogP contribution is -2.27. The summed E-state index contributed by atoms with van der Waals surface area (Å²) in [7, 11) is 1.31. The predicted molar refractivity (Wildman–Crippen MR) is 68.5 cm³/mol. The highest BCUT2D eigenvalue weighted by Gasteiger charge is 1.99. The lowest BCUT2D eigenvalue weighted by atomic mass is 10.4. The summed E-state index contributed by atoms with van der Waals surface area (Å²) in [4.78, 5) is 10.8. The maximum absolute atomic E-state index is 10.8. The number of primary amides is 1. The Balaban J connectivity index is 3.16. The van der Waals surface area contributed by atoms with Crippen LogP contribution in [0.3, 0.4) is 0 Å². The molecule has 2 N–H and O–H groups in total. The van der Waals surface area contributed by atoms with E-state index in [-0.39, 0.29) is 12.5 Å². The third kappa shape index (κ3) is 3.62. The molecule has 0 aliphatic rings. The number of halogens is 2. The van der Waals surface area contributed by atoms with Gasteiger partial charge in [0.25, 0.3) is 0 Å². The fraction of sp³-hybridized carbons (Fsp3) is 0.143. The second-order valence-electron chi connectivity index (χ2n) is 2.46. The standard InChI is InChI=1S/C7H7BrIN3OS/c8-5-1-2-7(11-14-9)12(3-5)4-6(10)13/h1-3H,4H2,(H2,10,13)/b11-7-. The molecule has 0 aliphatic carbocycles. The molecule has 4 nitrogen and oxygen atoms in total. The molecule has 0 aliphatic heterocycles. The van der Waals surface area contributed by atoms with Crippen LogP contribution in [0.15, 0.2) is 27.2 Å². The van der Waals surface area contributed by atoms with E-state index in [2.05, 4.69) is 41.5 Å². The Bertz CT molecular complexity index is 406. The lowest BCUT2D eigenvalue weighted by molar-refractivity contribution is -0.118. The lowest BCUT2D eigenvalue weighted by Gasteiger charge is -2.04. The Labute approximate surface area is 106 Å². The molecule has 14 heavy (non-hydrogen) atoms. The molecule has 0 unspecified atom stereocenters. The van der Waals surface area contributed by atoms with Gasteiger partial charge in [0.15, 0.2) is 0 Å². The monoisotopic (exact) mass is 387 g/mol. The van der Waals surface area contributed by atoms with Gasteiger partial charge in [-0.1, -0.05) is 0 Å². The summed E-state index contributed by atoms with van der Waals surface area (Å²) in [5.41, 5.74) is 5.83. The summed E-state index contributed by atoms with van der Waals surface area (Å²) < 4.78 is 6.72. The highest BCUT2D eigenvalue weighted by Crippen LogP contribution is 2.11. The normalized spacial score (nSPS) is 11.7. The number of hydrogen-bond acceptors (Lipinski definition) is 3. The van der Waals surface area contributed by atoms with E-state index < -0.39 is 0 Å². The zero-order valence-electron chi connectivity index (χ0n) is 6.98. The van der Waals surface area contributed by atoms with Gasteiger partial charge < -0.3 is 10.3 Å². The number of rotatable bonds is 3. The molecule has 0 saturated heterocycles. The summed E-state index contributed by atoms with van der Waals surface area (Å²) in [6.07, 6.45) is 1.77. The zero-order chi connectivity index (χ0) is 10.6. The predicted octanol–water partition coefficient (Wildman–Crippen LogP) is 1.63. The van der Waals surface area contributed by atoms with Gasteiger partial charge in [-0.25, -0.2) is 0 Å². The van der Waals surface area contributed by atoms with Crippen LogP contribution in [0.4, 0.5) is 0 Å². The topological polar surface area (TPSA) is 60.4 Å². The highest BCUT2D eigenvalue weighted by molar-refractivity contribution is 14.2. The van der Waals surface area contributed by atoms with E-state index in [0.717, 1.165) is 4.47 Å². The molecule has 0 atom stereocenters. The summed E-state index contributed by atoms with van der Waals surface area (Å²) in [5, 5.41) is 0. The SMILES string of the molecule is NC(=O)Cn1cc(Br)cc/c1=N/SI. The van der Waals surface area contributed by atoms with Crippen molar-refractivity contribution in [3.8, 4) is 0 Å². The third-order valence-electron chi connectivity index (χ3n) is 1.42. The number of aromatic nitrogens is 1. The average Bonchev–Trinajstić information content (AvgIpc) is 2.09. The zero-order valence-corrected chi connectivity index (χ0v) is 11.5. The Morgan fingerprint density at radius 3 is 3.00 bits per heavy atom. The van der Waals surface area contributed by atoms with Gasteiger partial charge in [-0.05, 0) is 28.1 Å². The van der Waals surface area contributed by atoms with Crippen molar-refractivity contribution >= 4 is 52.2 Å². The highest BCUT2D eigenvalue weighted by atomic mass is 127. The van der Waals surface area contributed by atoms with E-state index in [1.807, 2.05) is 12.1 Å². The van der Waals surface area contributed by atoms with Gasteiger partial charge in [-0.15, -0.1) is 0 Å². The van der Waals surface area contributed by atoms with Crippen LogP contribution in [0.1, 0.15) is 0 Å². The van der Waals surface area contributed by atoms with E-state index in [1.165, 1.54) is 9.12 Å². The largest absolute Gasteiger partial charge is 0.368 e. The van der Waals surface area contributed by atoms with Crippen molar-refractivity contribution in [3.05, 3.63) is 28.3 Å². The average molecular weight is 388 g/mol. The molecule has 76 valence electrons. The first-order chi connectivity index (χ1) is 6.63. The molecule has 1 rings (SSSR count). The second-order valence-corrected chi connectivity index (χ2v) is 4.88. The fourth-order valence-electron chi connectivity index (χ4n) is 0.921. The van der Waals surface area contributed by atoms with Crippen LogP contribution >= 0.6 is 46.3 Å². The van der Waals surface area contributed by atoms with E-state index in [0.29, 0.717) is 5.49 Å². The molecule has 0 spiro atoms. The number of amides is 1. The number of pyridine rings is 1. The molecule has 1 amide bonds. The molecule has 0 saturated carbocycles. The maximum Gasteiger partial charge on any atom is 0.237 e. The molecule has 1 aromatic heterocycles. The van der Waals surface area contributed by atoms with Crippen LogP contribution in [-0.4, -0.2) is 10.5 Å². The Hall–Kier alpha value is -0.0200. The van der Waals surface area contributed by atoms with E-state index >= 15 is 0 Å². The van der Waals surface area contributed by atoms with Crippen molar-refractivity contribution < 1.29 is 4.79 Å². The van der Waals surface area contributed by atoms with E-state index in [1.54, 1.807) is 10.8 Å². The number of nitrogens with zero attached hydrogens (tertiary/aromatic N) is 2. The third-order valence-corrected chi connectivity index (χ3v) is 2.74. The molecule has 0 bridgehead atoms. The van der Waals surface area contributed by atoms with Crippen molar-refractivity contribution in [1.82, 2.24) is 4.57 Å². The molecule has 1 aromatic rings. The quantitative estimate of drug-likeness (QED) is 0.633. The van der Waals surface area contributed by atoms with Gasteiger partial charge in [0.2, 0.25) is 5.91 Å². The van der Waals surface area contributed by atoms with E-state index in [4.69, 9.17) is 5.73 Å². The first-order valence-electron chi connectivity index (χ1n) is 3.59. The first kappa shape index (κ1) is 12.1. The molecule has 7 heteroatoms. The maximum atomic E-state index is 10.8. The smallest absolute Gasteiger partial charge is 0.237 e. The van der Waals surface area contributed by atoms with Gasteiger partial charge in [0.05, 0.1) is 0 Å². The number of carbonyl (C=O) groups excluding carboxylic acids is 1. The minimum atomic E-state index is -0.386. The summed E-state index contributed by atoms with van der Waals surface area (Å²) in [5.74, 6) is -0.386. The van der Waals surface area contributed by atoms with Crippen molar-refractivity contribution in [3.63, 3.8) is 0 Å². The summed E-state index contributed by atoms with van der Waals surface area (Å²) in [6.45, 7) is 0.134. The molecular weight excluding hydrogens is 381 g/mol. The van der Waals surface area contributed by atoms with Crippen LogP contribution in [0.25, 0.3) is 0 Å². The Morgan fingerprint density at radius 2 is 2.43 bits per heavy atom. The second kappa shape index (κ2) is 5.76. The van der Waals surface area contributed by atoms with Gasteiger partial charge in [0.1, 0.15) is 12.0 Å². The molecular formula is C7H7BrIN3OS. The fourth-order valence-corrected chi connectivity index (χ4v) is 2.14. The first-order valence-corrected chi connectivity index (χ1v) is 7.70. The molecule has 0 fully saturated rings. The van der Waals surface area contributed by atoms with Crippen molar-refractivity contribution in [1.29, 1.82) is 0 Å². The van der Waals surface area contributed by atoms with Gasteiger partial charge in [-0.3, -0.25) is 4.79 Å². The Morgan fingerprint density at radius 1 is 1.71 bits per heavy atom. The van der Waals surface area contributed by atoms with Crippen molar-refractivity contribution in [2.75, 3.05) is 0 Å². The van der Waals surface area contributed by atoms with Crippen LogP contribution in [0.5, 0.6) is 0 Å². The minimum Gasteiger partial charge on any atom is -0.368 e. The van der Waals surface area contributed by atoms with Crippen LogP contribution in [0.2, 0.25) is 0 Å². The van der Waals surface area contributed by atoms with E-state index in [9.17, 15) is 4.79 Å². The number of carbonyl (C=O) groups is 1. The van der Waals surface area contributed by atoms with Gasteiger partial charge in [0, 0.05) is 41.0 Å². The van der Waals surface area contributed by atoms with Crippen molar-refractivity contribution in [2.24, 2.45) is 10.1 Å². The Kier molecular flexibility index (Phi) is 4.96. The molecule has 0 aromatic carbocycles. The minimum absolute atomic E-state index is 0.134. The van der Waals surface area contributed by atoms with Gasteiger partial charge >= 0.3 is 0 Å². The van der Waals surface area contributed by atoms with Crippen LogP contribution in [0, 0.1) is 0 Å². The summed E-state index contributed by atoms with van der Waals surface area (Å²) >= 11 is 5.37. The van der Waals surface area contributed by atoms with Crippen LogP contribution < -0.4 is 11.2 Å². The van der Waals surface area contributed by atoms with Gasteiger partial charge in [-0.2, -0.15) is 4.40 Å². The number of hydrogen-bond donors (Lipinski definition) is 1. The van der Waals surface area contributed by atoms with Crippen molar-refractivity contribution in [2.45, 2.75) is 6.54 Å². The molecule has 0 radical (unpaired) electrons. The number of nitrogens with two attached hydrogens (primary N) is 1. The summed E-state index contributed by atoms with van der Waals surface area (Å²) in [6, 6.07) is 3.68.